The third-order valence-corrected chi connectivity index (χ3v) is 7.85. The summed E-state index contributed by atoms with van der Waals surface area (Å²) >= 11 is 0. The maximum atomic E-state index is 13.4. The number of nitrogens with zero attached hydrogens (tertiary/aromatic N) is 1. The smallest absolute Gasteiger partial charge is 0.243 e. The lowest BCUT2D eigenvalue weighted by Crippen LogP contribution is -2.54. The minimum absolute atomic E-state index is 0.0953. The van der Waals surface area contributed by atoms with Crippen molar-refractivity contribution in [2.75, 3.05) is 13.1 Å². The highest BCUT2D eigenvalue weighted by Crippen LogP contribution is 2.19. The average Bonchev–Trinajstić information content (AvgIpc) is 3.49. The molecule has 2 aromatic carbocycles. The van der Waals surface area contributed by atoms with E-state index in [1.54, 1.807) is 4.90 Å². The van der Waals surface area contributed by atoms with Crippen LogP contribution < -0.4 is 16.0 Å². The van der Waals surface area contributed by atoms with Crippen molar-refractivity contribution >= 4 is 34.4 Å². The molecule has 0 saturated carbocycles. The van der Waals surface area contributed by atoms with E-state index >= 15 is 0 Å². The first-order valence-corrected chi connectivity index (χ1v) is 14.6. The topological polar surface area (TPSA) is 108 Å². The van der Waals surface area contributed by atoms with E-state index in [1.807, 2.05) is 42.5 Å². The van der Waals surface area contributed by atoms with E-state index in [1.165, 1.54) is 0 Å². The van der Waals surface area contributed by atoms with Gasteiger partial charge in [0.2, 0.25) is 23.6 Å². The second-order valence-electron chi connectivity index (χ2n) is 10.8. The summed E-state index contributed by atoms with van der Waals surface area (Å²) in [6.07, 6.45) is 9.41. The molecule has 0 aromatic heterocycles. The summed E-state index contributed by atoms with van der Waals surface area (Å²) in [7, 11) is 0. The molecule has 3 N–H and O–H groups in total. The van der Waals surface area contributed by atoms with Crippen molar-refractivity contribution in [3.63, 3.8) is 0 Å². The Bertz CT molecular complexity index is 1140. The number of likely N-dealkylation sites (tertiary alicyclic amines) is 1. The number of amides is 4. The molecule has 39 heavy (non-hydrogen) atoms. The maximum absolute atomic E-state index is 13.4. The van der Waals surface area contributed by atoms with Crippen LogP contribution in [0.1, 0.15) is 82.6 Å². The highest BCUT2D eigenvalue weighted by Gasteiger charge is 2.30. The largest absolute Gasteiger partial charge is 0.350 e. The van der Waals surface area contributed by atoms with Crippen molar-refractivity contribution in [1.82, 2.24) is 20.9 Å². The number of fused-ring (bicyclic) bond motifs is 1. The van der Waals surface area contributed by atoms with Gasteiger partial charge in [-0.25, -0.2) is 0 Å². The molecule has 210 valence electrons. The molecule has 2 heterocycles. The summed E-state index contributed by atoms with van der Waals surface area (Å²) < 4.78 is 0. The normalized spacial score (nSPS) is 21.9. The van der Waals surface area contributed by atoms with Gasteiger partial charge in [-0.3, -0.25) is 19.2 Å². The van der Waals surface area contributed by atoms with Crippen LogP contribution in [0.25, 0.3) is 10.8 Å². The van der Waals surface area contributed by atoms with E-state index in [4.69, 9.17) is 0 Å². The molecular weight excluding hydrogens is 492 g/mol. The van der Waals surface area contributed by atoms with Gasteiger partial charge in [-0.1, -0.05) is 81.0 Å². The number of benzene rings is 2. The third kappa shape index (κ3) is 8.53. The second kappa shape index (κ2) is 14.7. The average molecular weight is 535 g/mol. The Morgan fingerprint density at radius 3 is 2.31 bits per heavy atom. The van der Waals surface area contributed by atoms with Gasteiger partial charge in [0.1, 0.15) is 12.1 Å². The van der Waals surface area contributed by atoms with Crippen molar-refractivity contribution in [3.8, 4) is 0 Å². The van der Waals surface area contributed by atoms with Crippen LogP contribution >= 0.6 is 0 Å². The monoisotopic (exact) mass is 534 g/mol. The molecule has 8 nitrogen and oxygen atoms in total. The first-order valence-electron chi connectivity index (χ1n) is 14.6. The van der Waals surface area contributed by atoms with Gasteiger partial charge in [-0.2, -0.15) is 0 Å². The van der Waals surface area contributed by atoms with E-state index < -0.39 is 18.0 Å². The molecule has 0 bridgehead atoms. The highest BCUT2D eigenvalue weighted by molar-refractivity contribution is 5.95. The van der Waals surface area contributed by atoms with Crippen LogP contribution in [0.4, 0.5) is 0 Å². The van der Waals surface area contributed by atoms with Crippen LogP contribution in [-0.4, -0.2) is 53.7 Å². The number of carbonyl (C=O) groups is 4. The van der Waals surface area contributed by atoms with Crippen molar-refractivity contribution < 1.29 is 19.2 Å². The summed E-state index contributed by atoms with van der Waals surface area (Å²) in [5, 5.41) is 10.9. The van der Waals surface area contributed by atoms with Crippen molar-refractivity contribution in [2.24, 2.45) is 0 Å². The fraction of sp³-hybridized carbons (Fsp3) is 0.548. The summed E-state index contributed by atoms with van der Waals surface area (Å²) in [6.45, 7) is 1.71. The van der Waals surface area contributed by atoms with Crippen LogP contribution in [-0.2, 0) is 25.7 Å². The van der Waals surface area contributed by atoms with E-state index in [-0.39, 0.29) is 24.1 Å². The number of rotatable bonds is 5. The fourth-order valence-corrected chi connectivity index (χ4v) is 5.56. The van der Waals surface area contributed by atoms with Crippen molar-refractivity contribution in [2.45, 2.75) is 95.7 Å². The van der Waals surface area contributed by atoms with E-state index in [0.29, 0.717) is 32.5 Å². The van der Waals surface area contributed by atoms with Gasteiger partial charge in [0, 0.05) is 26.1 Å². The van der Waals surface area contributed by atoms with Crippen LogP contribution in [0.15, 0.2) is 42.5 Å². The molecule has 2 aliphatic rings. The molecule has 2 fully saturated rings. The van der Waals surface area contributed by atoms with Crippen LogP contribution in [0.3, 0.4) is 0 Å². The van der Waals surface area contributed by atoms with Gasteiger partial charge < -0.3 is 20.9 Å². The summed E-state index contributed by atoms with van der Waals surface area (Å²) in [5.74, 6) is -1.09. The lowest BCUT2D eigenvalue weighted by atomic mass is 10.0. The minimum atomic E-state index is -0.996. The molecule has 2 aliphatic heterocycles. The molecule has 8 heteroatoms. The van der Waals surface area contributed by atoms with Crippen molar-refractivity contribution in [1.29, 1.82) is 0 Å². The lowest BCUT2D eigenvalue weighted by molar-refractivity contribution is -0.136. The Kier molecular flexibility index (Phi) is 10.7. The van der Waals surface area contributed by atoms with Crippen molar-refractivity contribution in [3.05, 3.63) is 48.0 Å². The van der Waals surface area contributed by atoms with Gasteiger partial charge in [0.25, 0.3) is 0 Å². The van der Waals surface area contributed by atoms with E-state index in [9.17, 15) is 19.2 Å². The predicted molar refractivity (Wildman–Crippen MR) is 152 cm³/mol. The quantitative estimate of drug-likeness (QED) is 0.540. The molecule has 4 rings (SSSR count). The molecule has 2 aromatic rings. The molecular formula is C31H42N4O4. The van der Waals surface area contributed by atoms with Gasteiger partial charge in [-0.05, 0) is 42.0 Å². The zero-order valence-electron chi connectivity index (χ0n) is 22.9. The molecule has 0 aliphatic carbocycles. The van der Waals surface area contributed by atoms with Gasteiger partial charge >= 0.3 is 0 Å². The fourth-order valence-electron chi connectivity index (χ4n) is 5.56. The first kappa shape index (κ1) is 28.6. The molecule has 2 saturated heterocycles. The van der Waals surface area contributed by atoms with E-state index in [2.05, 4.69) is 16.0 Å². The molecule has 4 amide bonds. The zero-order chi connectivity index (χ0) is 27.5. The third-order valence-electron chi connectivity index (χ3n) is 7.85. The molecule has 0 radical (unpaired) electrons. The predicted octanol–water partition coefficient (Wildman–Crippen LogP) is 3.96. The second-order valence-corrected chi connectivity index (χ2v) is 10.8. The Labute approximate surface area is 231 Å². The summed E-state index contributed by atoms with van der Waals surface area (Å²) in [4.78, 5) is 54.1. The standard InChI is InChI=1S/C31H42N4O4/c36-28-18-7-5-3-1-2-4-6-17-26(34-31(39)27(33-28)21-29(37)35-19-10-11-20-35)30(38)32-22-24-15-12-14-23-13-8-9-16-25(23)24/h8-9,12-16,26-27H,1-7,10-11,17-22H2,(H,32,38)(H,33,36)(H,34,39)/t26-,27-/m0/s1. The molecule has 2 atom stereocenters. The number of carbonyl (C=O) groups excluding carboxylic acids is 4. The van der Waals surface area contributed by atoms with Gasteiger partial charge in [0.05, 0.1) is 6.42 Å². The first-order chi connectivity index (χ1) is 19.0. The number of hydrogen-bond donors (Lipinski definition) is 3. The lowest BCUT2D eigenvalue weighted by Gasteiger charge is -2.25. The Balaban J connectivity index is 1.46. The Morgan fingerprint density at radius 1 is 0.821 bits per heavy atom. The van der Waals surface area contributed by atoms with E-state index in [0.717, 1.165) is 74.1 Å². The van der Waals surface area contributed by atoms with Crippen LogP contribution in [0.5, 0.6) is 0 Å². The van der Waals surface area contributed by atoms with Crippen LogP contribution in [0.2, 0.25) is 0 Å². The molecule has 0 unspecified atom stereocenters. The molecule has 0 spiro atoms. The summed E-state index contributed by atoms with van der Waals surface area (Å²) in [5.41, 5.74) is 1.01. The maximum Gasteiger partial charge on any atom is 0.243 e. The summed E-state index contributed by atoms with van der Waals surface area (Å²) in [6, 6.07) is 12.3. The highest BCUT2D eigenvalue weighted by atomic mass is 16.2. The number of hydrogen-bond acceptors (Lipinski definition) is 4. The zero-order valence-corrected chi connectivity index (χ0v) is 22.9. The van der Waals surface area contributed by atoms with Crippen LogP contribution in [0, 0.1) is 0 Å². The Hall–Kier alpha value is -3.42. The van der Waals surface area contributed by atoms with Gasteiger partial charge in [-0.15, -0.1) is 0 Å². The number of nitrogens with one attached hydrogen (secondary N) is 3. The minimum Gasteiger partial charge on any atom is -0.350 e. The van der Waals surface area contributed by atoms with Gasteiger partial charge in [0.15, 0.2) is 0 Å². The Morgan fingerprint density at radius 2 is 1.51 bits per heavy atom. The SMILES string of the molecule is O=C1CCCCCCCCC[C@@H](C(=O)NCc2cccc3ccccc23)NC(=O)[C@H](CC(=O)N2CCCC2)N1.